The van der Waals surface area contributed by atoms with Crippen LogP contribution in [0.1, 0.15) is 30.3 Å². The first-order valence-corrected chi connectivity index (χ1v) is 8.10. The first-order valence-electron chi connectivity index (χ1n) is 8.10. The molecule has 1 N–H and O–H groups in total. The molecule has 0 bridgehead atoms. The van der Waals surface area contributed by atoms with Crippen LogP contribution < -0.4 is 0 Å². The molecule has 2 aromatic heterocycles. The highest BCUT2D eigenvalue weighted by atomic mass is 14.9. The number of aryl methyl sites for hydroxylation is 2. The van der Waals surface area contributed by atoms with Gasteiger partial charge < -0.3 is 4.98 Å². The normalized spacial score (nSPS) is 13.6. The molecule has 2 heterocycles. The van der Waals surface area contributed by atoms with Gasteiger partial charge in [0.05, 0.1) is 11.4 Å². The van der Waals surface area contributed by atoms with Crippen LogP contribution in [0.25, 0.3) is 28.6 Å². The maximum atomic E-state index is 4.81. The fraction of sp³-hybridized carbons (Fsp3) is 0.200. The summed E-state index contributed by atoms with van der Waals surface area (Å²) in [6, 6.07) is 10.8. The van der Waals surface area contributed by atoms with Crippen LogP contribution in [0.2, 0.25) is 0 Å². The third-order valence-electron chi connectivity index (χ3n) is 4.39. The summed E-state index contributed by atoms with van der Waals surface area (Å²) in [7, 11) is 0. The van der Waals surface area contributed by atoms with Crippen LogP contribution in [-0.4, -0.2) is 15.0 Å². The standard InChI is InChI=1S/C20H19N3/c1-2-4-18-22-19(15-9-11-21-12-10-15)20(23-18)17-8-7-14-5-3-6-16(14)13-17/h2,4,7-13H,3,5-6H2,1H3,(H,22,23)/b4-2+. The minimum absolute atomic E-state index is 0.884. The molecule has 0 radical (unpaired) electrons. The molecule has 0 amide bonds. The summed E-state index contributed by atoms with van der Waals surface area (Å²) in [6.45, 7) is 2.00. The Labute approximate surface area is 136 Å². The van der Waals surface area contributed by atoms with E-state index in [1.807, 2.05) is 43.6 Å². The second-order valence-corrected chi connectivity index (χ2v) is 5.92. The van der Waals surface area contributed by atoms with Gasteiger partial charge in [0.15, 0.2) is 0 Å². The third kappa shape index (κ3) is 2.59. The monoisotopic (exact) mass is 301 g/mol. The molecule has 1 aromatic carbocycles. The van der Waals surface area contributed by atoms with E-state index in [0.29, 0.717) is 0 Å². The zero-order valence-corrected chi connectivity index (χ0v) is 13.2. The Bertz CT molecular complexity index is 860. The fourth-order valence-electron chi connectivity index (χ4n) is 3.28. The Kier molecular flexibility index (Phi) is 3.54. The molecule has 0 unspecified atom stereocenters. The first-order chi connectivity index (χ1) is 11.3. The van der Waals surface area contributed by atoms with Gasteiger partial charge in [0.25, 0.3) is 0 Å². The van der Waals surface area contributed by atoms with Crippen LogP contribution in [-0.2, 0) is 12.8 Å². The van der Waals surface area contributed by atoms with Crippen LogP contribution in [0.5, 0.6) is 0 Å². The lowest BCUT2D eigenvalue weighted by Gasteiger charge is -2.05. The Hall–Kier alpha value is -2.68. The Morgan fingerprint density at radius 2 is 1.83 bits per heavy atom. The number of nitrogens with one attached hydrogen (secondary N) is 1. The van der Waals surface area contributed by atoms with E-state index in [1.165, 1.54) is 36.0 Å². The molecule has 4 rings (SSSR count). The number of rotatable bonds is 3. The van der Waals surface area contributed by atoms with E-state index in [1.54, 1.807) is 0 Å². The smallest absolute Gasteiger partial charge is 0.130 e. The van der Waals surface area contributed by atoms with Gasteiger partial charge in [0.2, 0.25) is 0 Å². The van der Waals surface area contributed by atoms with Crippen LogP contribution in [0, 0.1) is 0 Å². The molecule has 0 saturated heterocycles. The van der Waals surface area contributed by atoms with Gasteiger partial charge in [-0.05, 0) is 61.6 Å². The lowest BCUT2D eigenvalue weighted by Crippen LogP contribution is -1.88. The summed E-state index contributed by atoms with van der Waals surface area (Å²) in [5, 5.41) is 0. The molecule has 1 aliphatic carbocycles. The number of pyridine rings is 1. The SMILES string of the molecule is C/C=C/c1nc(-c2ccc3c(c2)CCC3)c(-c2ccncc2)[nH]1. The van der Waals surface area contributed by atoms with E-state index in [-0.39, 0.29) is 0 Å². The van der Waals surface area contributed by atoms with Gasteiger partial charge in [0, 0.05) is 23.5 Å². The summed E-state index contributed by atoms with van der Waals surface area (Å²) in [5.41, 5.74) is 7.32. The zero-order chi connectivity index (χ0) is 15.6. The Morgan fingerprint density at radius 3 is 2.65 bits per heavy atom. The van der Waals surface area contributed by atoms with E-state index in [0.717, 1.165) is 22.8 Å². The second-order valence-electron chi connectivity index (χ2n) is 5.92. The summed E-state index contributed by atoms with van der Waals surface area (Å²) in [5.74, 6) is 0.884. The van der Waals surface area contributed by atoms with E-state index in [9.17, 15) is 0 Å². The van der Waals surface area contributed by atoms with Crippen LogP contribution >= 0.6 is 0 Å². The minimum atomic E-state index is 0.884. The molecule has 114 valence electrons. The van der Waals surface area contributed by atoms with Gasteiger partial charge in [-0.15, -0.1) is 0 Å². The van der Waals surface area contributed by atoms with E-state index in [4.69, 9.17) is 4.98 Å². The van der Waals surface area contributed by atoms with Crippen molar-refractivity contribution in [2.75, 3.05) is 0 Å². The molecule has 23 heavy (non-hydrogen) atoms. The number of hydrogen-bond acceptors (Lipinski definition) is 2. The van der Waals surface area contributed by atoms with Gasteiger partial charge in [-0.3, -0.25) is 4.98 Å². The first kappa shape index (κ1) is 13.9. The van der Waals surface area contributed by atoms with Crippen molar-refractivity contribution >= 4 is 6.08 Å². The van der Waals surface area contributed by atoms with E-state index >= 15 is 0 Å². The zero-order valence-electron chi connectivity index (χ0n) is 13.2. The van der Waals surface area contributed by atoms with E-state index in [2.05, 4.69) is 28.2 Å². The van der Waals surface area contributed by atoms with Crippen molar-refractivity contribution < 1.29 is 0 Å². The highest BCUT2D eigenvalue weighted by molar-refractivity contribution is 5.79. The van der Waals surface area contributed by atoms with Gasteiger partial charge in [-0.1, -0.05) is 18.2 Å². The molecule has 1 aliphatic rings. The van der Waals surface area contributed by atoms with Crippen molar-refractivity contribution in [3.63, 3.8) is 0 Å². The maximum absolute atomic E-state index is 4.81. The summed E-state index contributed by atoms with van der Waals surface area (Å²) < 4.78 is 0. The van der Waals surface area contributed by atoms with Crippen molar-refractivity contribution in [2.24, 2.45) is 0 Å². The molecule has 0 saturated carbocycles. The van der Waals surface area contributed by atoms with Crippen LogP contribution in [0.3, 0.4) is 0 Å². The lowest BCUT2D eigenvalue weighted by atomic mass is 10.0. The topological polar surface area (TPSA) is 41.6 Å². The number of allylic oxidation sites excluding steroid dienone is 1. The number of H-pyrrole nitrogens is 1. The Balaban J connectivity index is 1.87. The number of aromatic nitrogens is 3. The highest BCUT2D eigenvalue weighted by Gasteiger charge is 2.16. The predicted molar refractivity (Wildman–Crippen MR) is 94.0 cm³/mol. The molecule has 3 aromatic rings. The number of hydrogen-bond donors (Lipinski definition) is 1. The third-order valence-corrected chi connectivity index (χ3v) is 4.39. The fourth-order valence-corrected chi connectivity index (χ4v) is 3.28. The molecule has 0 fully saturated rings. The van der Waals surface area contributed by atoms with Gasteiger partial charge in [-0.2, -0.15) is 0 Å². The van der Waals surface area contributed by atoms with Crippen molar-refractivity contribution in [1.29, 1.82) is 0 Å². The van der Waals surface area contributed by atoms with Crippen molar-refractivity contribution in [2.45, 2.75) is 26.2 Å². The van der Waals surface area contributed by atoms with Gasteiger partial charge >= 0.3 is 0 Å². The molecule has 0 atom stereocenters. The van der Waals surface area contributed by atoms with Gasteiger partial charge in [0.1, 0.15) is 5.82 Å². The molecule has 3 nitrogen and oxygen atoms in total. The molecule has 0 spiro atoms. The summed E-state index contributed by atoms with van der Waals surface area (Å²) in [4.78, 5) is 12.4. The van der Waals surface area contributed by atoms with Crippen LogP contribution in [0.15, 0.2) is 48.8 Å². The Morgan fingerprint density at radius 1 is 1.00 bits per heavy atom. The van der Waals surface area contributed by atoms with E-state index < -0.39 is 0 Å². The number of nitrogens with zero attached hydrogens (tertiary/aromatic N) is 2. The largest absolute Gasteiger partial charge is 0.338 e. The quantitative estimate of drug-likeness (QED) is 0.764. The molecular formula is C20H19N3. The average molecular weight is 301 g/mol. The molecule has 3 heteroatoms. The van der Waals surface area contributed by atoms with Gasteiger partial charge in [-0.25, -0.2) is 4.98 Å². The minimum Gasteiger partial charge on any atom is -0.338 e. The maximum Gasteiger partial charge on any atom is 0.130 e. The molecule has 0 aliphatic heterocycles. The van der Waals surface area contributed by atoms with Crippen molar-refractivity contribution in [1.82, 2.24) is 15.0 Å². The number of fused-ring (bicyclic) bond motifs is 1. The average Bonchev–Trinajstić information content (AvgIpc) is 3.22. The second kappa shape index (κ2) is 5.84. The number of imidazole rings is 1. The lowest BCUT2D eigenvalue weighted by molar-refractivity contribution is 0.912. The van der Waals surface area contributed by atoms with Crippen molar-refractivity contribution in [3.8, 4) is 22.5 Å². The van der Waals surface area contributed by atoms with Crippen molar-refractivity contribution in [3.05, 3.63) is 65.8 Å². The summed E-state index contributed by atoms with van der Waals surface area (Å²) >= 11 is 0. The number of aromatic amines is 1. The predicted octanol–water partition coefficient (Wildman–Crippen LogP) is 4.66. The number of benzene rings is 1. The molecular weight excluding hydrogens is 282 g/mol. The summed E-state index contributed by atoms with van der Waals surface area (Å²) in [6.07, 6.45) is 11.3. The highest BCUT2D eigenvalue weighted by Crippen LogP contribution is 2.33. The van der Waals surface area contributed by atoms with Crippen LogP contribution in [0.4, 0.5) is 0 Å².